The summed E-state index contributed by atoms with van der Waals surface area (Å²) in [6.07, 6.45) is 4.87. The minimum atomic E-state index is 0.0223. The van der Waals surface area contributed by atoms with Crippen LogP contribution in [0.15, 0.2) is 24.3 Å². The van der Waals surface area contributed by atoms with Crippen molar-refractivity contribution in [1.29, 1.82) is 0 Å². The van der Waals surface area contributed by atoms with E-state index in [1.165, 1.54) is 12.0 Å². The summed E-state index contributed by atoms with van der Waals surface area (Å²) in [6.45, 7) is 7.71. The summed E-state index contributed by atoms with van der Waals surface area (Å²) in [4.78, 5) is 28.3. The number of amides is 2. The third-order valence-corrected chi connectivity index (χ3v) is 4.95. The number of piperidine rings is 1. The highest BCUT2D eigenvalue weighted by Crippen LogP contribution is 2.20. The van der Waals surface area contributed by atoms with E-state index < -0.39 is 0 Å². The van der Waals surface area contributed by atoms with Gasteiger partial charge in [0.2, 0.25) is 11.8 Å². The Bertz CT molecular complexity index is 553. The quantitative estimate of drug-likeness (QED) is 0.800. The third kappa shape index (κ3) is 5.08. The second kappa shape index (κ2) is 8.86. The molecule has 132 valence electrons. The summed E-state index contributed by atoms with van der Waals surface area (Å²) in [6, 6.07) is 8.58. The van der Waals surface area contributed by atoms with Crippen LogP contribution < -0.4 is 0 Å². The van der Waals surface area contributed by atoms with E-state index in [0.29, 0.717) is 25.6 Å². The van der Waals surface area contributed by atoms with Crippen LogP contribution in [0.2, 0.25) is 0 Å². The molecule has 0 N–H and O–H groups in total. The zero-order valence-corrected chi connectivity index (χ0v) is 15.3. The summed E-state index contributed by atoms with van der Waals surface area (Å²) in [5.41, 5.74) is 2.31. The maximum atomic E-state index is 12.6. The highest BCUT2D eigenvalue weighted by molar-refractivity contribution is 5.78. The number of carbonyl (C=O) groups excluding carboxylic acids is 2. The molecule has 1 unspecified atom stereocenters. The SMILES string of the molecule is CCC1CCCCN1C(=O)CCN(Cc1ccc(C)cc1)C(C)=O. The average Bonchev–Trinajstić information content (AvgIpc) is 2.59. The molecule has 1 aliphatic rings. The van der Waals surface area contributed by atoms with Crippen molar-refractivity contribution < 1.29 is 9.59 Å². The summed E-state index contributed by atoms with van der Waals surface area (Å²) in [7, 11) is 0. The van der Waals surface area contributed by atoms with Gasteiger partial charge in [-0.2, -0.15) is 0 Å². The monoisotopic (exact) mass is 330 g/mol. The number of aryl methyl sites for hydroxylation is 1. The van der Waals surface area contributed by atoms with Crippen LogP contribution in [0.5, 0.6) is 0 Å². The number of benzene rings is 1. The van der Waals surface area contributed by atoms with Crippen LogP contribution in [-0.2, 0) is 16.1 Å². The van der Waals surface area contributed by atoms with Gasteiger partial charge in [0.15, 0.2) is 0 Å². The lowest BCUT2D eigenvalue weighted by Gasteiger charge is -2.35. The van der Waals surface area contributed by atoms with Crippen molar-refractivity contribution >= 4 is 11.8 Å². The predicted molar refractivity (Wildman–Crippen MR) is 96.5 cm³/mol. The molecule has 1 aromatic rings. The van der Waals surface area contributed by atoms with Gasteiger partial charge in [-0.25, -0.2) is 0 Å². The van der Waals surface area contributed by atoms with E-state index in [1.54, 1.807) is 11.8 Å². The Kier molecular flexibility index (Phi) is 6.83. The number of nitrogens with zero attached hydrogens (tertiary/aromatic N) is 2. The Labute approximate surface area is 145 Å². The Morgan fingerprint density at radius 3 is 2.54 bits per heavy atom. The molecule has 4 heteroatoms. The zero-order chi connectivity index (χ0) is 17.5. The Hall–Kier alpha value is -1.84. The molecule has 1 aliphatic heterocycles. The average molecular weight is 330 g/mol. The van der Waals surface area contributed by atoms with E-state index in [9.17, 15) is 9.59 Å². The van der Waals surface area contributed by atoms with Crippen molar-refractivity contribution in [1.82, 2.24) is 9.80 Å². The van der Waals surface area contributed by atoms with Crippen molar-refractivity contribution in [2.24, 2.45) is 0 Å². The molecule has 0 bridgehead atoms. The fourth-order valence-electron chi connectivity index (χ4n) is 3.39. The Balaban J connectivity index is 1.91. The first-order valence-corrected chi connectivity index (χ1v) is 9.11. The molecule has 24 heavy (non-hydrogen) atoms. The summed E-state index contributed by atoms with van der Waals surface area (Å²) < 4.78 is 0. The lowest BCUT2D eigenvalue weighted by Crippen LogP contribution is -2.44. The highest BCUT2D eigenvalue weighted by atomic mass is 16.2. The Morgan fingerprint density at radius 1 is 1.21 bits per heavy atom. The Morgan fingerprint density at radius 2 is 1.92 bits per heavy atom. The molecule has 1 heterocycles. The van der Waals surface area contributed by atoms with Crippen LogP contribution in [0.3, 0.4) is 0 Å². The van der Waals surface area contributed by atoms with Gasteiger partial charge in [0.05, 0.1) is 0 Å². The number of rotatable bonds is 6. The molecular formula is C20H30N2O2. The normalized spacial score (nSPS) is 17.6. The maximum Gasteiger partial charge on any atom is 0.224 e. The first-order chi connectivity index (χ1) is 11.5. The number of carbonyl (C=O) groups is 2. The smallest absolute Gasteiger partial charge is 0.224 e. The molecule has 1 fully saturated rings. The van der Waals surface area contributed by atoms with Gasteiger partial charge in [0, 0.05) is 39.0 Å². The van der Waals surface area contributed by atoms with E-state index in [0.717, 1.165) is 31.4 Å². The maximum absolute atomic E-state index is 12.6. The molecule has 4 nitrogen and oxygen atoms in total. The standard InChI is InChI=1S/C20H30N2O2/c1-4-19-7-5-6-13-22(19)20(24)12-14-21(17(3)23)15-18-10-8-16(2)9-11-18/h8-11,19H,4-7,12-15H2,1-3H3. The van der Waals surface area contributed by atoms with Crippen molar-refractivity contribution in [3.05, 3.63) is 35.4 Å². The molecule has 1 aromatic carbocycles. The van der Waals surface area contributed by atoms with E-state index >= 15 is 0 Å². The van der Waals surface area contributed by atoms with E-state index in [1.807, 2.05) is 24.0 Å². The molecular weight excluding hydrogens is 300 g/mol. The van der Waals surface area contributed by atoms with Gasteiger partial charge in [-0.1, -0.05) is 36.8 Å². The van der Waals surface area contributed by atoms with Crippen LogP contribution >= 0.6 is 0 Å². The molecule has 1 atom stereocenters. The predicted octanol–water partition coefficient (Wildman–Crippen LogP) is 3.52. The fourth-order valence-corrected chi connectivity index (χ4v) is 3.39. The van der Waals surface area contributed by atoms with Gasteiger partial charge in [-0.05, 0) is 38.2 Å². The molecule has 0 aromatic heterocycles. The van der Waals surface area contributed by atoms with Crippen molar-refractivity contribution in [3.8, 4) is 0 Å². The minimum absolute atomic E-state index is 0.0223. The second-order valence-electron chi connectivity index (χ2n) is 6.82. The summed E-state index contributed by atoms with van der Waals surface area (Å²) in [5, 5.41) is 0. The first-order valence-electron chi connectivity index (χ1n) is 9.11. The number of hydrogen-bond acceptors (Lipinski definition) is 2. The molecule has 2 amide bonds. The molecule has 0 spiro atoms. The van der Waals surface area contributed by atoms with Crippen LogP contribution in [0, 0.1) is 6.92 Å². The molecule has 0 saturated carbocycles. The van der Waals surface area contributed by atoms with Gasteiger partial charge in [-0.3, -0.25) is 9.59 Å². The highest BCUT2D eigenvalue weighted by Gasteiger charge is 2.25. The summed E-state index contributed by atoms with van der Waals surface area (Å²) >= 11 is 0. The van der Waals surface area contributed by atoms with Crippen molar-refractivity contribution in [2.45, 2.75) is 65.5 Å². The largest absolute Gasteiger partial charge is 0.340 e. The van der Waals surface area contributed by atoms with Crippen molar-refractivity contribution in [3.63, 3.8) is 0 Å². The molecule has 2 rings (SSSR count). The first kappa shape index (κ1) is 18.5. The van der Waals surface area contributed by atoms with Gasteiger partial charge in [0.1, 0.15) is 0 Å². The zero-order valence-electron chi connectivity index (χ0n) is 15.3. The van der Waals surface area contributed by atoms with Crippen LogP contribution in [0.4, 0.5) is 0 Å². The van der Waals surface area contributed by atoms with Crippen LogP contribution in [0.25, 0.3) is 0 Å². The van der Waals surface area contributed by atoms with Gasteiger partial charge in [-0.15, -0.1) is 0 Å². The van der Waals surface area contributed by atoms with Crippen LogP contribution in [0.1, 0.15) is 57.1 Å². The van der Waals surface area contributed by atoms with Crippen molar-refractivity contribution in [2.75, 3.05) is 13.1 Å². The topological polar surface area (TPSA) is 40.6 Å². The minimum Gasteiger partial charge on any atom is -0.340 e. The summed E-state index contributed by atoms with van der Waals surface area (Å²) in [5.74, 6) is 0.214. The fraction of sp³-hybridized carbons (Fsp3) is 0.600. The molecule has 0 aliphatic carbocycles. The van der Waals surface area contributed by atoms with Gasteiger partial charge >= 0.3 is 0 Å². The lowest BCUT2D eigenvalue weighted by molar-refractivity contribution is -0.136. The van der Waals surface area contributed by atoms with E-state index in [4.69, 9.17) is 0 Å². The molecule has 1 saturated heterocycles. The third-order valence-electron chi connectivity index (χ3n) is 4.95. The van der Waals surface area contributed by atoms with Gasteiger partial charge < -0.3 is 9.80 Å². The lowest BCUT2D eigenvalue weighted by atomic mass is 9.99. The molecule has 0 radical (unpaired) electrons. The van der Waals surface area contributed by atoms with Gasteiger partial charge in [0.25, 0.3) is 0 Å². The van der Waals surface area contributed by atoms with Crippen LogP contribution in [-0.4, -0.2) is 40.7 Å². The number of likely N-dealkylation sites (tertiary alicyclic amines) is 1. The number of hydrogen-bond donors (Lipinski definition) is 0. The second-order valence-corrected chi connectivity index (χ2v) is 6.82. The van der Waals surface area contributed by atoms with E-state index in [2.05, 4.69) is 19.1 Å². The van der Waals surface area contributed by atoms with E-state index in [-0.39, 0.29) is 11.8 Å².